The SMILES string of the molecule is CC1C(=O)N2CCCC2C(=O)N1Cc1cncs1. The molecular weight excluding hydrogens is 250 g/mol. The van der Waals surface area contributed by atoms with Crippen molar-refractivity contribution in [3.05, 3.63) is 16.6 Å². The fraction of sp³-hybridized carbons (Fsp3) is 0.583. The van der Waals surface area contributed by atoms with Gasteiger partial charge in [-0.05, 0) is 19.8 Å². The summed E-state index contributed by atoms with van der Waals surface area (Å²) in [4.78, 5) is 33.1. The topological polar surface area (TPSA) is 53.5 Å². The second-order valence-electron chi connectivity index (χ2n) is 4.80. The Morgan fingerprint density at radius 1 is 1.44 bits per heavy atom. The highest BCUT2D eigenvalue weighted by molar-refractivity contribution is 7.09. The first-order valence-electron chi connectivity index (χ1n) is 6.17. The summed E-state index contributed by atoms with van der Waals surface area (Å²) in [7, 11) is 0. The van der Waals surface area contributed by atoms with E-state index in [1.165, 1.54) is 11.3 Å². The molecular formula is C12H15N3O2S. The number of fused-ring (bicyclic) bond motifs is 1. The number of thiazole rings is 1. The number of piperazine rings is 1. The minimum atomic E-state index is -0.353. The van der Waals surface area contributed by atoms with Gasteiger partial charge in [-0.2, -0.15) is 0 Å². The predicted molar refractivity (Wildman–Crippen MR) is 66.9 cm³/mol. The van der Waals surface area contributed by atoms with Crippen LogP contribution in [0.2, 0.25) is 0 Å². The molecule has 0 bridgehead atoms. The Morgan fingerprint density at radius 2 is 2.28 bits per heavy atom. The van der Waals surface area contributed by atoms with E-state index in [4.69, 9.17) is 0 Å². The summed E-state index contributed by atoms with van der Waals surface area (Å²) < 4.78 is 0. The average Bonchev–Trinajstić information content (AvgIpc) is 3.02. The van der Waals surface area contributed by atoms with E-state index in [0.717, 1.165) is 24.3 Å². The Morgan fingerprint density at radius 3 is 3.00 bits per heavy atom. The molecule has 5 nitrogen and oxygen atoms in total. The second-order valence-corrected chi connectivity index (χ2v) is 5.77. The van der Waals surface area contributed by atoms with Crippen LogP contribution in [-0.4, -0.2) is 45.2 Å². The Bertz CT molecular complexity index is 474. The molecule has 2 atom stereocenters. The van der Waals surface area contributed by atoms with Crippen molar-refractivity contribution in [2.24, 2.45) is 0 Å². The van der Waals surface area contributed by atoms with Crippen molar-refractivity contribution in [3.8, 4) is 0 Å². The first kappa shape index (κ1) is 11.6. The van der Waals surface area contributed by atoms with Crippen LogP contribution >= 0.6 is 11.3 Å². The van der Waals surface area contributed by atoms with Crippen LogP contribution in [0.25, 0.3) is 0 Å². The van der Waals surface area contributed by atoms with Gasteiger partial charge in [-0.1, -0.05) is 0 Å². The number of amides is 2. The van der Waals surface area contributed by atoms with Crippen LogP contribution < -0.4 is 0 Å². The van der Waals surface area contributed by atoms with E-state index in [2.05, 4.69) is 4.98 Å². The smallest absolute Gasteiger partial charge is 0.246 e. The lowest BCUT2D eigenvalue weighted by Gasteiger charge is -2.40. The van der Waals surface area contributed by atoms with Gasteiger partial charge in [0, 0.05) is 17.6 Å². The normalized spacial score (nSPS) is 27.8. The average molecular weight is 265 g/mol. The van der Waals surface area contributed by atoms with Crippen molar-refractivity contribution in [2.45, 2.75) is 38.4 Å². The van der Waals surface area contributed by atoms with E-state index in [9.17, 15) is 9.59 Å². The van der Waals surface area contributed by atoms with E-state index < -0.39 is 0 Å². The van der Waals surface area contributed by atoms with Crippen molar-refractivity contribution in [2.75, 3.05) is 6.54 Å². The number of hydrogen-bond donors (Lipinski definition) is 0. The van der Waals surface area contributed by atoms with E-state index in [-0.39, 0.29) is 23.9 Å². The van der Waals surface area contributed by atoms with Gasteiger partial charge >= 0.3 is 0 Å². The van der Waals surface area contributed by atoms with Crippen LogP contribution in [0.5, 0.6) is 0 Å². The molecule has 1 aromatic rings. The Kier molecular flexibility index (Phi) is 2.81. The van der Waals surface area contributed by atoms with Gasteiger partial charge in [0.2, 0.25) is 11.8 Å². The third kappa shape index (κ3) is 1.71. The summed E-state index contributed by atoms with van der Waals surface area (Å²) in [5.41, 5.74) is 1.75. The highest BCUT2D eigenvalue weighted by Gasteiger charge is 2.45. The van der Waals surface area contributed by atoms with Crippen LogP contribution in [0.3, 0.4) is 0 Å². The number of carbonyl (C=O) groups excluding carboxylic acids is 2. The lowest BCUT2D eigenvalue weighted by Crippen LogP contribution is -2.61. The Hall–Kier alpha value is -1.43. The third-order valence-electron chi connectivity index (χ3n) is 3.74. The van der Waals surface area contributed by atoms with Crippen LogP contribution in [-0.2, 0) is 16.1 Å². The summed E-state index contributed by atoms with van der Waals surface area (Å²) in [6, 6.07) is -0.574. The molecule has 2 unspecified atom stereocenters. The van der Waals surface area contributed by atoms with Gasteiger partial charge in [-0.25, -0.2) is 0 Å². The van der Waals surface area contributed by atoms with Gasteiger partial charge in [0.15, 0.2) is 0 Å². The maximum absolute atomic E-state index is 12.4. The number of carbonyl (C=O) groups is 2. The van der Waals surface area contributed by atoms with Crippen molar-refractivity contribution in [3.63, 3.8) is 0 Å². The fourth-order valence-electron chi connectivity index (χ4n) is 2.75. The van der Waals surface area contributed by atoms with Gasteiger partial charge in [0.05, 0.1) is 12.1 Å². The maximum atomic E-state index is 12.4. The molecule has 0 radical (unpaired) electrons. The zero-order valence-corrected chi connectivity index (χ0v) is 11.0. The molecule has 96 valence electrons. The zero-order valence-electron chi connectivity index (χ0n) is 10.2. The fourth-order valence-corrected chi connectivity index (χ4v) is 3.34. The molecule has 1 aromatic heterocycles. The highest BCUT2D eigenvalue weighted by atomic mass is 32.1. The molecule has 0 saturated carbocycles. The zero-order chi connectivity index (χ0) is 12.7. The van der Waals surface area contributed by atoms with Crippen molar-refractivity contribution in [1.29, 1.82) is 0 Å². The first-order chi connectivity index (χ1) is 8.68. The summed E-state index contributed by atoms with van der Waals surface area (Å²) in [5, 5.41) is 0. The van der Waals surface area contributed by atoms with Gasteiger partial charge in [-0.15, -0.1) is 11.3 Å². The molecule has 6 heteroatoms. The third-order valence-corrected chi connectivity index (χ3v) is 4.50. The van der Waals surface area contributed by atoms with Crippen molar-refractivity contribution >= 4 is 23.2 Å². The van der Waals surface area contributed by atoms with Gasteiger partial charge in [0.1, 0.15) is 12.1 Å². The number of rotatable bonds is 2. The Labute approximate surface area is 109 Å². The van der Waals surface area contributed by atoms with Crippen LogP contribution in [0.1, 0.15) is 24.6 Å². The molecule has 2 fully saturated rings. The molecule has 2 saturated heterocycles. The monoisotopic (exact) mass is 265 g/mol. The highest BCUT2D eigenvalue weighted by Crippen LogP contribution is 2.28. The predicted octanol–water partition coefficient (Wildman–Crippen LogP) is 0.865. The quantitative estimate of drug-likeness (QED) is 0.797. The number of hydrogen-bond acceptors (Lipinski definition) is 4. The second kappa shape index (κ2) is 4.35. The number of aromatic nitrogens is 1. The molecule has 3 rings (SSSR count). The molecule has 0 N–H and O–H groups in total. The standard InChI is InChI=1S/C12H15N3O2S/c1-8-11(16)14-4-2-3-10(14)12(17)15(8)6-9-5-13-7-18-9/h5,7-8,10H,2-4,6H2,1H3. The first-order valence-corrected chi connectivity index (χ1v) is 7.05. The molecule has 18 heavy (non-hydrogen) atoms. The van der Waals surface area contributed by atoms with E-state index in [1.807, 2.05) is 6.92 Å². The van der Waals surface area contributed by atoms with E-state index in [0.29, 0.717) is 6.54 Å². The number of nitrogens with zero attached hydrogens (tertiary/aromatic N) is 3. The summed E-state index contributed by atoms with van der Waals surface area (Å²) >= 11 is 1.52. The van der Waals surface area contributed by atoms with Crippen molar-refractivity contribution in [1.82, 2.24) is 14.8 Å². The summed E-state index contributed by atoms with van der Waals surface area (Å²) in [6.07, 6.45) is 3.50. The molecule has 2 amide bonds. The lowest BCUT2D eigenvalue weighted by molar-refractivity contribution is -0.159. The summed E-state index contributed by atoms with van der Waals surface area (Å²) in [5.74, 6) is 0.176. The van der Waals surface area contributed by atoms with Gasteiger partial charge < -0.3 is 9.80 Å². The van der Waals surface area contributed by atoms with Crippen LogP contribution in [0.4, 0.5) is 0 Å². The van der Waals surface area contributed by atoms with Gasteiger partial charge in [0.25, 0.3) is 0 Å². The van der Waals surface area contributed by atoms with Gasteiger partial charge in [-0.3, -0.25) is 14.6 Å². The summed E-state index contributed by atoms with van der Waals surface area (Å²) in [6.45, 7) is 3.05. The molecule has 0 spiro atoms. The Balaban J connectivity index is 1.84. The molecule has 3 heterocycles. The molecule has 0 aromatic carbocycles. The molecule has 2 aliphatic heterocycles. The van der Waals surface area contributed by atoms with Crippen LogP contribution in [0, 0.1) is 0 Å². The minimum Gasteiger partial charge on any atom is -0.329 e. The lowest BCUT2D eigenvalue weighted by atomic mass is 10.1. The maximum Gasteiger partial charge on any atom is 0.246 e. The largest absolute Gasteiger partial charge is 0.329 e. The molecule has 0 aliphatic carbocycles. The van der Waals surface area contributed by atoms with E-state index >= 15 is 0 Å². The van der Waals surface area contributed by atoms with Crippen molar-refractivity contribution < 1.29 is 9.59 Å². The minimum absolute atomic E-state index is 0.0848. The molecule has 2 aliphatic rings. The van der Waals surface area contributed by atoms with Crippen LogP contribution in [0.15, 0.2) is 11.7 Å². The van der Waals surface area contributed by atoms with E-state index in [1.54, 1.807) is 21.5 Å².